The zero-order valence-corrected chi connectivity index (χ0v) is 26.6. The molecule has 9 nitrogen and oxygen atoms in total. The summed E-state index contributed by atoms with van der Waals surface area (Å²) in [5.41, 5.74) is 3.63. The van der Waals surface area contributed by atoms with Crippen LogP contribution in [0.3, 0.4) is 0 Å². The highest BCUT2D eigenvalue weighted by Crippen LogP contribution is 2.31. The number of ether oxygens (including phenoxy) is 1. The number of anilines is 3. The van der Waals surface area contributed by atoms with Crippen LogP contribution in [0.2, 0.25) is 0 Å². The Morgan fingerprint density at radius 2 is 1.43 bits per heavy atom. The number of halogens is 1. The van der Waals surface area contributed by atoms with E-state index in [4.69, 9.17) is 4.74 Å². The smallest absolute Gasteiger partial charge is 0.264 e. The fraction of sp³-hybridized carbons (Fsp3) is 0.167. The molecule has 0 aliphatic rings. The maximum Gasteiger partial charge on any atom is 0.264 e. The van der Waals surface area contributed by atoms with Crippen LogP contribution in [-0.4, -0.2) is 36.4 Å². The number of methoxy groups -OCH3 is 1. The van der Waals surface area contributed by atoms with Gasteiger partial charge in [-0.05, 0) is 102 Å². The predicted molar refractivity (Wildman–Crippen MR) is 168 cm³/mol. The van der Waals surface area contributed by atoms with E-state index in [-0.39, 0.29) is 9.79 Å². The SMILES string of the molecule is COc1ccc(S(=O)(=O)N(CC(=O)Nc2ccc(S(=O)(=O)Nc3c(C)cccc3C)cc2)c2ccc(C)cc2)cc1Br. The first-order chi connectivity index (χ1) is 19.8. The van der Waals surface area contributed by atoms with E-state index in [1.54, 1.807) is 24.3 Å². The van der Waals surface area contributed by atoms with Gasteiger partial charge in [-0.3, -0.25) is 13.8 Å². The Hall–Kier alpha value is -3.87. The summed E-state index contributed by atoms with van der Waals surface area (Å²) < 4.78 is 62.7. The molecule has 0 aliphatic carbocycles. The van der Waals surface area contributed by atoms with Crippen LogP contribution in [-0.2, 0) is 24.8 Å². The number of carbonyl (C=O) groups excluding carboxylic acids is 1. The minimum absolute atomic E-state index is 0.0112. The first kappa shape index (κ1) is 31.1. The second-order valence-corrected chi connectivity index (χ2v) is 14.0. The van der Waals surface area contributed by atoms with Crippen molar-refractivity contribution in [3.8, 4) is 5.75 Å². The van der Waals surface area contributed by atoms with Crippen molar-refractivity contribution in [2.75, 3.05) is 28.0 Å². The maximum atomic E-state index is 13.7. The van der Waals surface area contributed by atoms with Crippen molar-refractivity contribution in [1.82, 2.24) is 0 Å². The van der Waals surface area contributed by atoms with E-state index in [9.17, 15) is 21.6 Å². The fourth-order valence-electron chi connectivity index (χ4n) is 4.18. The molecule has 0 bridgehead atoms. The van der Waals surface area contributed by atoms with Gasteiger partial charge in [0.1, 0.15) is 12.3 Å². The van der Waals surface area contributed by atoms with Crippen LogP contribution in [0.5, 0.6) is 5.75 Å². The number of aryl methyl sites for hydroxylation is 3. The lowest BCUT2D eigenvalue weighted by atomic mass is 10.1. The molecular weight excluding hydrogens is 642 g/mol. The monoisotopic (exact) mass is 671 g/mol. The zero-order chi connectivity index (χ0) is 30.7. The van der Waals surface area contributed by atoms with E-state index in [1.165, 1.54) is 49.6 Å². The van der Waals surface area contributed by atoms with E-state index >= 15 is 0 Å². The molecule has 2 N–H and O–H groups in total. The minimum Gasteiger partial charge on any atom is -0.496 e. The van der Waals surface area contributed by atoms with Gasteiger partial charge >= 0.3 is 0 Å². The van der Waals surface area contributed by atoms with Crippen molar-refractivity contribution in [3.63, 3.8) is 0 Å². The molecule has 0 saturated heterocycles. The Labute approximate surface area is 254 Å². The summed E-state index contributed by atoms with van der Waals surface area (Å²) in [4.78, 5) is 13.1. The number of nitrogens with one attached hydrogen (secondary N) is 2. The van der Waals surface area contributed by atoms with Crippen molar-refractivity contribution < 1.29 is 26.4 Å². The van der Waals surface area contributed by atoms with Crippen molar-refractivity contribution in [2.24, 2.45) is 0 Å². The third-order valence-corrected chi connectivity index (χ3v) is 10.2. The van der Waals surface area contributed by atoms with Gasteiger partial charge < -0.3 is 10.1 Å². The molecule has 0 saturated carbocycles. The molecule has 12 heteroatoms. The number of rotatable bonds is 10. The summed E-state index contributed by atoms with van der Waals surface area (Å²) in [5.74, 6) is -0.153. The molecule has 0 unspecified atom stereocenters. The number of hydrogen-bond acceptors (Lipinski definition) is 6. The molecule has 4 aromatic carbocycles. The third kappa shape index (κ3) is 6.94. The molecule has 0 aromatic heterocycles. The summed E-state index contributed by atoms with van der Waals surface area (Å²) in [6.07, 6.45) is 0. The summed E-state index contributed by atoms with van der Waals surface area (Å²) in [6, 6.07) is 22.2. The van der Waals surface area contributed by atoms with Crippen LogP contribution in [0.4, 0.5) is 17.1 Å². The van der Waals surface area contributed by atoms with Crippen LogP contribution < -0.4 is 19.1 Å². The molecule has 0 fully saturated rings. The topological polar surface area (TPSA) is 122 Å². The largest absolute Gasteiger partial charge is 0.496 e. The van der Waals surface area contributed by atoms with Crippen molar-refractivity contribution in [2.45, 2.75) is 30.6 Å². The van der Waals surface area contributed by atoms with Gasteiger partial charge in [0.25, 0.3) is 20.0 Å². The van der Waals surface area contributed by atoms with E-state index in [0.717, 1.165) is 21.0 Å². The van der Waals surface area contributed by atoms with Gasteiger partial charge in [-0.1, -0.05) is 35.9 Å². The van der Waals surface area contributed by atoms with Crippen molar-refractivity contribution in [1.29, 1.82) is 0 Å². The molecular formula is C30H30BrN3O6S2. The van der Waals surface area contributed by atoms with Gasteiger partial charge in [-0.15, -0.1) is 0 Å². The summed E-state index contributed by atoms with van der Waals surface area (Å²) in [7, 11) is -6.58. The number of para-hydroxylation sites is 1. The number of amides is 1. The number of carbonyl (C=O) groups is 1. The van der Waals surface area contributed by atoms with Crippen LogP contribution in [0, 0.1) is 20.8 Å². The van der Waals surface area contributed by atoms with Gasteiger partial charge in [0.2, 0.25) is 5.91 Å². The quantitative estimate of drug-likeness (QED) is 0.213. The average molecular weight is 673 g/mol. The van der Waals surface area contributed by atoms with Gasteiger partial charge in [-0.25, -0.2) is 16.8 Å². The lowest BCUT2D eigenvalue weighted by molar-refractivity contribution is -0.114. The van der Waals surface area contributed by atoms with Crippen LogP contribution >= 0.6 is 15.9 Å². The van der Waals surface area contributed by atoms with E-state index < -0.39 is 32.5 Å². The molecule has 0 aliphatic heterocycles. The number of benzene rings is 4. The molecule has 0 heterocycles. The number of nitrogens with zero attached hydrogens (tertiary/aromatic N) is 1. The van der Waals surface area contributed by atoms with Crippen molar-refractivity contribution in [3.05, 3.63) is 106 Å². The van der Waals surface area contributed by atoms with E-state index in [1.807, 2.05) is 39.0 Å². The number of sulfonamides is 2. The Bertz CT molecular complexity index is 1810. The summed E-state index contributed by atoms with van der Waals surface area (Å²) in [6.45, 7) is 4.98. The number of hydrogen-bond donors (Lipinski definition) is 2. The third-order valence-electron chi connectivity index (χ3n) is 6.49. The average Bonchev–Trinajstić information content (AvgIpc) is 2.94. The van der Waals surface area contributed by atoms with Crippen LogP contribution in [0.25, 0.3) is 0 Å². The van der Waals surface area contributed by atoms with Gasteiger partial charge in [0.15, 0.2) is 0 Å². The summed E-state index contributed by atoms with van der Waals surface area (Å²) in [5, 5.41) is 2.66. The van der Waals surface area contributed by atoms with Crippen LogP contribution in [0.15, 0.2) is 99.2 Å². The van der Waals surface area contributed by atoms with Crippen molar-refractivity contribution >= 4 is 58.9 Å². The van der Waals surface area contributed by atoms with E-state index in [2.05, 4.69) is 26.0 Å². The molecule has 42 heavy (non-hydrogen) atoms. The fourth-order valence-corrected chi connectivity index (χ4v) is 7.52. The molecule has 0 radical (unpaired) electrons. The standard InChI is InChI=1S/C30H30BrN3O6S2/c1-20-8-12-24(13-9-20)34(42(38,39)26-16-17-28(40-4)27(31)18-26)19-29(35)32-23-10-14-25(15-11-23)41(36,37)33-30-21(2)6-5-7-22(30)3/h5-18,33H,19H2,1-4H3,(H,32,35). The van der Waals surface area contributed by atoms with E-state index in [0.29, 0.717) is 27.3 Å². The second kappa shape index (κ2) is 12.6. The van der Waals surface area contributed by atoms with Crippen LogP contribution in [0.1, 0.15) is 16.7 Å². The Morgan fingerprint density at radius 3 is 2.00 bits per heavy atom. The molecule has 0 spiro atoms. The molecule has 4 aromatic rings. The molecule has 1 amide bonds. The first-order valence-electron chi connectivity index (χ1n) is 12.7. The Morgan fingerprint density at radius 1 is 0.833 bits per heavy atom. The lowest BCUT2D eigenvalue weighted by Gasteiger charge is -2.24. The van der Waals surface area contributed by atoms with Gasteiger partial charge in [-0.2, -0.15) is 0 Å². The zero-order valence-electron chi connectivity index (χ0n) is 23.4. The molecule has 220 valence electrons. The predicted octanol–water partition coefficient (Wildman–Crippen LogP) is 6.02. The Balaban J connectivity index is 1.56. The highest BCUT2D eigenvalue weighted by atomic mass is 79.9. The summed E-state index contributed by atoms with van der Waals surface area (Å²) >= 11 is 3.32. The second-order valence-electron chi connectivity index (χ2n) is 9.59. The first-order valence-corrected chi connectivity index (χ1v) is 16.5. The minimum atomic E-state index is -4.17. The maximum absolute atomic E-state index is 13.7. The highest BCUT2D eigenvalue weighted by Gasteiger charge is 2.28. The Kier molecular flexibility index (Phi) is 9.29. The van der Waals surface area contributed by atoms with Gasteiger partial charge in [0, 0.05) is 5.69 Å². The highest BCUT2D eigenvalue weighted by molar-refractivity contribution is 9.10. The lowest BCUT2D eigenvalue weighted by Crippen LogP contribution is -2.38. The molecule has 0 atom stereocenters. The normalized spacial score (nSPS) is 11.5. The molecule has 4 rings (SSSR count). The van der Waals surface area contributed by atoms with Gasteiger partial charge in [0.05, 0.1) is 32.7 Å².